The second kappa shape index (κ2) is 7.74. The lowest BCUT2D eigenvalue weighted by Crippen LogP contribution is -2.11. The van der Waals surface area contributed by atoms with E-state index < -0.39 is 5.97 Å². The molecule has 0 fully saturated rings. The van der Waals surface area contributed by atoms with Crippen LogP contribution in [-0.4, -0.2) is 18.5 Å². The molecule has 120 valence electrons. The zero-order valence-electron chi connectivity index (χ0n) is 13.4. The van der Waals surface area contributed by atoms with Gasteiger partial charge in [-0.05, 0) is 31.1 Å². The van der Waals surface area contributed by atoms with E-state index in [4.69, 9.17) is 4.74 Å². The molecule has 0 aliphatic heterocycles. The Morgan fingerprint density at radius 2 is 1.91 bits per heavy atom. The normalized spacial score (nSPS) is 10.7. The van der Waals surface area contributed by atoms with Gasteiger partial charge in [0.05, 0.1) is 5.56 Å². The zero-order chi connectivity index (χ0) is 16.8. The number of ether oxygens (including phenoxy) is 1. The van der Waals surface area contributed by atoms with Crippen LogP contribution in [0.4, 0.5) is 5.00 Å². The van der Waals surface area contributed by atoms with Crippen LogP contribution < -0.4 is 5.32 Å². The van der Waals surface area contributed by atoms with E-state index in [-0.39, 0.29) is 12.5 Å². The molecule has 0 radical (unpaired) electrons. The van der Waals surface area contributed by atoms with Gasteiger partial charge in [0.1, 0.15) is 11.6 Å². The molecule has 0 saturated carbocycles. The third-order valence-corrected chi connectivity index (χ3v) is 4.42. The number of esters is 1. The molecule has 1 aromatic heterocycles. The smallest absolute Gasteiger partial charge is 0.341 e. The maximum absolute atomic E-state index is 12.3. The van der Waals surface area contributed by atoms with E-state index in [9.17, 15) is 9.59 Å². The molecule has 0 aliphatic rings. The summed E-state index contributed by atoms with van der Waals surface area (Å²) >= 11 is 1.38. The molecule has 5 heteroatoms. The van der Waals surface area contributed by atoms with E-state index in [1.807, 2.05) is 50.3 Å². The number of carbonyl (C=O) groups is 2. The molecule has 23 heavy (non-hydrogen) atoms. The van der Waals surface area contributed by atoms with Crippen molar-refractivity contribution in [2.24, 2.45) is 0 Å². The van der Waals surface area contributed by atoms with Gasteiger partial charge in [0.2, 0.25) is 5.91 Å². The lowest BCUT2D eigenvalue weighted by atomic mass is 10.1. The van der Waals surface area contributed by atoms with Crippen molar-refractivity contribution in [3.8, 4) is 0 Å². The largest absolute Gasteiger partial charge is 0.458 e. The van der Waals surface area contributed by atoms with Crippen molar-refractivity contribution < 1.29 is 14.3 Å². The van der Waals surface area contributed by atoms with Gasteiger partial charge in [-0.25, -0.2) is 4.79 Å². The Kier molecular flexibility index (Phi) is 5.71. The van der Waals surface area contributed by atoms with Crippen LogP contribution in [0.25, 0.3) is 6.08 Å². The van der Waals surface area contributed by atoms with Crippen LogP contribution in [0.15, 0.2) is 36.4 Å². The van der Waals surface area contributed by atoms with E-state index >= 15 is 0 Å². The fraction of sp³-hybridized carbons (Fsp3) is 0.222. The van der Waals surface area contributed by atoms with Crippen LogP contribution in [-0.2, 0) is 9.53 Å². The Bertz CT molecular complexity index is 732. The van der Waals surface area contributed by atoms with Crippen LogP contribution in [0.1, 0.15) is 33.3 Å². The lowest BCUT2D eigenvalue weighted by molar-refractivity contribution is -0.114. The number of anilines is 1. The molecular weight excluding hydrogens is 310 g/mol. The molecule has 1 aromatic carbocycles. The van der Waals surface area contributed by atoms with Crippen molar-refractivity contribution in [1.29, 1.82) is 0 Å². The van der Waals surface area contributed by atoms with Crippen molar-refractivity contribution >= 4 is 34.3 Å². The Morgan fingerprint density at radius 3 is 2.57 bits per heavy atom. The summed E-state index contributed by atoms with van der Waals surface area (Å²) < 4.78 is 5.30. The Labute approximate surface area is 139 Å². The molecule has 0 bridgehead atoms. The predicted octanol–water partition coefficient (Wildman–Crippen LogP) is 4.19. The molecule has 0 atom stereocenters. The van der Waals surface area contributed by atoms with Gasteiger partial charge in [0, 0.05) is 11.8 Å². The molecule has 2 aromatic rings. The van der Waals surface area contributed by atoms with Gasteiger partial charge in [-0.3, -0.25) is 4.79 Å². The van der Waals surface area contributed by atoms with Crippen molar-refractivity contribution in [3.63, 3.8) is 0 Å². The maximum atomic E-state index is 12.3. The number of carbonyl (C=O) groups excluding carboxylic acids is 2. The number of nitrogens with one attached hydrogen (secondary N) is 1. The van der Waals surface area contributed by atoms with Crippen LogP contribution in [0.3, 0.4) is 0 Å². The second-order valence-corrected chi connectivity index (χ2v) is 6.30. The fourth-order valence-electron chi connectivity index (χ4n) is 2.06. The molecular formula is C18H19NO3S. The van der Waals surface area contributed by atoms with Gasteiger partial charge in [-0.2, -0.15) is 0 Å². The summed E-state index contributed by atoms with van der Waals surface area (Å²) in [6.07, 6.45) is 3.69. The first-order valence-corrected chi connectivity index (χ1v) is 8.07. The van der Waals surface area contributed by atoms with E-state index in [0.717, 1.165) is 16.0 Å². The summed E-state index contributed by atoms with van der Waals surface area (Å²) in [5.74, 6) is -0.627. The first kappa shape index (κ1) is 17.0. The van der Waals surface area contributed by atoms with Crippen molar-refractivity contribution in [3.05, 3.63) is 58.0 Å². The molecule has 0 spiro atoms. The van der Waals surface area contributed by atoms with Crippen LogP contribution in [0.2, 0.25) is 0 Å². The highest BCUT2D eigenvalue weighted by molar-refractivity contribution is 7.16. The number of hydrogen-bond donors (Lipinski definition) is 1. The quantitative estimate of drug-likeness (QED) is 0.837. The average molecular weight is 329 g/mol. The number of benzene rings is 1. The summed E-state index contributed by atoms with van der Waals surface area (Å²) in [7, 11) is 0. The third kappa shape index (κ3) is 4.53. The number of rotatable bonds is 5. The van der Waals surface area contributed by atoms with Crippen LogP contribution >= 0.6 is 11.3 Å². The van der Waals surface area contributed by atoms with Crippen molar-refractivity contribution in [2.75, 3.05) is 11.9 Å². The molecule has 2 rings (SSSR count). The van der Waals surface area contributed by atoms with Gasteiger partial charge in [0.25, 0.3) is 0 Å². The van der Waals surface area contributed by atoms with Gasteiger partial charge >= 0.3 is 5.97 Å². The van der Waals surface area contributed by atoms with Gasteiger partial charge in [-0.1, -0.05) is 36.4 Å². The number of amides is 1. The minimum absolute atomic E-state index is 0.182. The summed E-state index contributed by atoms with van der Waals surface area (Å²) in [6, 6.07) is 9.79. The highest BCUT2D eigenvalue weighted by Gasteiger charge is 2.21. The summed E-state index contributed by atoms with van der Waals surface area (Å²) in [4.78, 5) is 24.5. The summed E-state index contributed by atoms with van der Waals surface area (Å²) in [5.41, 5.74) is 2.33. The lowest BCUT2D eigenvalue weighted by Gasteiger charge is -2.05. The molecule has 4 nitrogen and oxygen atoms in total. The van der Waals surface area contributed by atoms with Crippen LogP contribution in [0.5, 0.6) is 0 Å². The number of aryl methyl sites for hydroxylation is 1. The predicted molar refractivity (Wildman–Crippen MR) is 93.9 cm³/mol. The first-order valence-electron chi connectivity index (χ1n) is 7.25. The fourth-order valence-corrected chi connectivity index (χ4v) is 3.16. The Balaban J connectivity index is 2.03. The highest BCUT2D eigenvalue weighted by atomic mass is 32.1. The zero-order valence-corrected chi connectivity index (χ0v) is 14.2. The van der Waals surface area contributed by atoms with E-state index in [0.29, 0.717) is 10.6 Å². The topological polar surface area (TPSA) is 55.4 Å². The van der Waals surface area contributed by atoms with Gasteiger partial charge in [0.15, 0.2) is 0 Å². The van der Waals surface area contributed by atoms with Crippen molar-refractivity contribution in [1.82, 2.24) is 0 Å². The third-order valence-electron chi connectivity index (χ3n) is 3.30. The van der Waals surface area contributed by atoms with Crippen molar-refractivity contribution in [2.45, 2.75) is 20.8 Å². The molecule has 1 N–H and O–H groups in total. The summed E-state index contributed by atoms with van der Waals surface area (Å²) in [6.45, 7) is 5.37. The standard InChI is InChI=1S/C18H19NO3S/c1-12-13(2)23-17(19-14(3)20)16(12)18(21)22-11-7-10-15-8-5-4-6-9-15/h4-10H,11H2,1-3H3,(H,19,20)/b10-7+. The molecule has 0 saturated heterocycles. The SMILES string of the molecule is CC(=O)Nc1sc(C)c(C)c1C(=O)OC/C=C/c1ccccc1. The summed E-state index contributed by atoms with van der Waals surface area (Å²) in [5, 5.41) is 3.24. The van der Waals surface area contributed by atoms with E-state index in [1.54, 1.807) is 6.08 Å². The maximum Gasteiger partial charge on any atom is 0.341 e. The minimum Gasteiger partial charge on any atom is -0.458 e. The molecule has 1 amide bonds. The first-order chi connectivity index (χ1) is 11.0. The monoisotopic (exact) mass is 329 g/mol. The Morgan fingerprint density at radius 1 is 1.22 bits per heavy atom. The Hall–Kier alpha value is -2.40. The van der Waals surface area contributed by atoms with Crippen LogP contribution in [0, 0.1) is 13.8 Å². The van der Waals surface area contributed by atoms with E-state index in [2.05, 4.69) is 5.32 Å². The molecule has 0 aliphatic carbocycles. The van der Waals surface area contributed by atoms with E-state index in [1.165, 1.54) is 18.3 Å². The highest BCUT2D eigenvalue weighted by Crippen LogP contribution is 2.32. The average Bonchev–Trinajstić information content (AvgIpc) is 2.78. The second-order valence-electron chi connectivity index (χ2n) is 5.08. The van der Waals surface area contributed by atoms with Gasteiger partial charge < -0.3 is 10.1 Å². The van der Waals surface area contributed by atoms with Gasteiger partial charge in [-0.15, -0.1) is 11.3 Å². The minimum atomic E-state index is -0.423. The number of thiophene rings is 1. The molecule has 0 unspecified atom stereocenters. The molecule has 1 heterocycles. The number of hydrogen-bond acceptors (Lipinski definition) is 4.